The van der Waals surface area contributed by atoms with Crippen molar-refractivity contribution >= 4 is 0 Å². The molecule has 0 aliphatic carbocycles. The Kier molecular flexibility index (Phi) is 2.89. The third kappa shape index (κ3) is 2.44. The molecule has 2 saturated heterocycles. The summed E-state index contributed by atoms with van der Waals surface area (Å²) >= 11 is 0. The molecule has 0 radical (unpaired) electrons. The monoisotopic (exact) mass is 182 g/mol. The van der Waals surface area contributed by atoms with E-state index in [0.717, 1.165) is 0 Å². The third-order valence-electron chi connectivity index (χ3n) is 3.48. The van der Waals surface area contributed by atoms with E-state index in [2.05, 4.69) is 17.1 Å². The summed E-state index contributed by atoms with van der Waals surface area (Å²) in [4.78, 5) is 2.64. The first-order valence-electron chi connectivity index (χ1n) is 5.76. The normalized spacial score (nSPS) is 36.7. The van der Waals surface area contributed by atoms with Crippen LogP contribution in [-0.4, -0.2) is 36.6 Å². The number of hydrogen-bond acceptors (Lipinski definition) is 2. The molecule has 0 bridgehead atoms. The fourth-order valence-corrected chi connectivity index (χ4v) is 2.70. The zero-order chi connectivity index (χ0) is 9.15. The molecule has 2 rings (SSSR count). The molecule has 2 heteroatoms. The molecule has 1 unspecified atom stereocenters. The Balaban J connectivity index is 1.81. The molecule has 2 aliphatic heterocycles. The summed E-state index contributed by atoms with van der Waals surface area (Å²) in [6.45, 7) is 7.54. The van der Waals surface area contributed by atoms with Crippen LogP contribution in [0.2, 0.25) is 0 Å². The molecule has 0 aromatic rings. The number of piperidine rings is 1. The van der Waals surface area contributed by atoms with Gasteiger partial charge in [-0.2, -0.15) is 0 Å². The van der Waals surface area contributed by atoms with E-state index in [1.54, 1.807) is 0 Å². The van der Waals surface area contributed by atoms with Gasteiger partial charge in [-0.25, -0.2) is 0 Å². The topological polar surface area (TPSA) is 15.3 Å². The minimum atomic E-state index is 0.428. The van der Waals surface area contributed by atoms with Crippen molar-refractivity contribution in [2.45, 2.75) is 44.6 Å². The maximum Gasteiger partial charge on any atom is 0.0280 e. The summed E-state index contributed by atoms with van der Waals surface area (Å²) in [6.07, 6.45) is 7.00. The van der Waals surface area contributed by atoms with Crippen molar-refractivity contribution in [3.8, 4) is 0 Å². The number of hydrogen-bond donors (Lipinski definition) is 1. The molecule has 2 heterocycles. The predicted molar refractivity (Wildman–Crippen MR) is 55.9 cm³/mol. The molecule has 1 atom stereocenters. The van der Waals surface area contributed by atoms with Gasteiger partial charge in [0.1, 0.15) is 0 Å². The van der Waals surface area contributed by atoms with Gasteiger partial charge >= 0.3 is 0 Å². The lowest BCUT2D eigenvalue weighted by atomic mass is 9.98. The van der Waals surface area contributed by atoms with Crippen LogP contribution in [0.4, 0.5) is 0 Å². The second-order valence-electron chi connectivity index (χ2n) is 4.93. The lowest BCUT2D eigenvalue weighted by Crippen LogP contribution is -2.48. The summed E-state index contributed by atoms with van der Waals surface area (Å²) in [7, 11) is 0. The SMILES string of the molecule is CC1(CN2CCCCC2)CCCN1. The molecule has 2 aliphatic rings. The van der Waals surface area contributed by atoms with Crippen molar-refractivity contribution in [1.82, 2.24) is 10.2 Å². The van der Waals surface area contributed by atoms with Gasteiger partial charge in [0.2, 0.25) is 0 Å². The van der Waals surface area contributed by atoms with Gasteiger partial charge in [0.05, 0.1) is 0 Å². The van der Waals surface area contributed by atoms with Crippen LogP contribution in [0.1, 0.15) is 39.0 Å². The number of likely N-dealkylation sites (tertiary alicyclic amines) is 1. The van der Waals surface area contributed by atoms with Crippen LogP contribution < -0.4 is 5.32 Å². The summed E-state index contributed by atoms with van der Waals surface area (Å²) < 4.78 is 0. The van der Waals surface area contributed by atoms with Crippen molar-refractivity contribution in [2.75, 3.05) is 26.2 Å². The van der Waals surface area contributed by atoms with Crippen molar-refractivity contribution in [2.24, 2.45) is 0 Å². The molecule has 0 amide bonds. The summed E-state index contributed by atoms with van der Waals surface area (Å²) in [5, 5.41) is 3.64. The van der Waals surface area contributed by atoms with Crippen LogP contribution in [0.15, 0.2) is 0 Å². The molecule has 0 spiro atoms. The highest BCUT2D eigenvalue weighted by atomic mass is 15.2. The Morgan fingerprint density at radius 3 is 2.54 bits per heavy atom. The highest BCUT2D eigenvalue weighted by Crippen LogP contribution is 2.21. The number of rotatable bonds is 2. The second kappa shape index (κ2) is 3.97. The molecule has 0 saturated carbocycles. The van der Waals surface area contributed by atoms with E-state index < -0.39 is 0 Å². The Morgan fingerprint density at radius 1 is 1.15 bits per heavy atom. The predicted octanol–water partition coefficient (Wildman–Crippen LogP) is 1.61. The Hall–Kier alpha value is -0.0800. The molecule has 0 aromatic carbocycles. The van der Waals surface area contributed by atoms with Gasteiger partial charge in [-0.3, -0.25) is 0 Å². The van der Waals surface area contributed by atoms with E-state index in [0.29, 0.717) is 5.54 Å². The average molecular weight is 182 g/mol. The van der Waals surface area contributed by atoms with E-state index >= 15 is 0 Å². The quantitative estimate of drug-likeness (QED) is 0.698. The van der Waals surface area contributed by atoms with E-state index in [4.69, 9.17) is 0 Å². The van der Waals surface area contributed by atoms with E-state index in [9.17, 15) is 0 Å². The maximum atomic E-state index is 3.64. The average Bonchev–Trinajstić information content (AvgIpc) is 2.54. The van der Waals surface area contributed by atoms with Crippen LogP contribution in [0.3, 0.4) is 0 Å². The van der Waals surface area contributed by atoms with Gasteiger partial charge < -0.3 is 10.2 Å². The Morgan fingerprint density at radius 2 is 1.92 bits per heavy atom. The number of nitrogens with one attached hydrogen (secondary N) is 1. The van der Waals surface area contributed by atoms with E-state index in [-0.39, 0.29) is 0 Å². The van der Waals surface area contributed by atoms with Crippen molar-refractivity contribution in [3.05, 3.63) is 0 Å². The van der Waals surface area contributed by atoms with Gasteiger partial charge in [-0.05, 0) is 52.2 Å². The van der Waals surface area contributed by atoms with Gasteiger partial charge in [0.25, 0.3) is 0 Å². The smallest absolute Gasteiger partial charge is 0.0280 e. The van der Waals surface area contributed by atoms with E-state index in [1.807, 2.05) is 0 Å². The molecular formula is C11H22N2. The first kappa shape index (κ1) is 9.47. The lowest BCUT2D eigenvalue weighted by molar-refractivity contribution is 0.174. The van der Waals surface area contributed by atoms with E-state index in [1.165, 1.54) is 58.3 Å². The van der Waals surface area contributed by atoms with Crippen LogP contribution in [-0.2, 0) is 0 Å². The largest absolute Gasteiger partial charge is 0.310 e. The molecule has 76 valence electrons. The first-order chi connectivity index (χ1) is 6.29. The minimum Gasteiger partial charge on any atom is -0.310 e. The third-order valence-corrected chi connectivity index (χ3v) is 3.48. The van der Waals surface area contributed by atoms with Crippen LogP contribution in [0.25, 0.3) is 0 Å². The molecule has 2 fully saturated rings. The van der Waals surface area contributed by atoms with Crippen LogP contribution in [0.5, 0.6) is 0 Å². The molecule has 1 N–H and O–H groups in total. The molecular weight excluding hydrogens is 160 g/mol. The van der Waals surface area contributed by atoms with Gasteiger partial charge in [-0.1, -0.05) is 6.42 Å². The summed E-state index contributed by atoms with van der Waals surface area (Å²) in [5.74, 6) is 0. The van der Waals surface area contributed by atoms with Crippen molar-refractivity contribution in [3.63, 3.8) is 0 Å². The van der Waals surface area contributed by atoms with Gasteiger partial charge in [0, 0.05) is 12.1 Å². The highest BCUT2D eigenvalue weighted by Gasteiger charge is 2.30. The zero-order valence-corrected chi connectivity index (χ0v) is 8.81. The molecule has 0 aromatic heterocycles. The fraction of sp³-hybridized carbons (Fsp3) is 1.00. The minimum absolute atomic E-state index is 0.428. The van der Waals surface area contributed by atoms with Crippen LogP contribution >= 0.6 is 0 Å². The maximum absolute atomic E-state index is 3.64. The number of nitrogens with zero attached hydrogens (tertiary/aromatic N) is 1. The Bertz CT molecular complexity index is 155. The standard InChI is InChI=1S/C11H22N2/c1-11(6-5-7-12-11)10-13-8-3-2-4-9-13/h12H,2-10H2,1H3. The van der Waals surface area contributed by atoms with Crippen molar-refractivity contribution in [1.29, 1.82) is 0 Å². The summed E-state index contributed by atoms with van der Waals surface area (Å²) in [6, 6.07) is 0. The van der Waals surface area contributed by atoms with Crippen molar-refractivity contribution < 1.29 is 0 Å². The first-order valence-corrected chi connectivity index (χ1v) is 5.76. The fourth-order valence-electron chi connectivity index (χ4n) is 2.70. The molecule has 2 nitrogen and oxygen atoms in total. The zero-order valence-electron chi connectivity index (χ0n) is 8.81. The lowest BCUT2D eigenvalue weighted by Gasteiger charge is -2.34. The second-order valence-corrected chi connectivity index (χ2v) is 4.93. The van der Waals surface area contributed by atoms with Gasteiger partial charge in [-0.15, -0.1) is 0 Å². The van der Waals surface area contributed by atoms with Crippen LogP contribution in [0, 0.1) is 0 Å². The Labute approximate surface area is 81.7 Å². The van der Waals surface area contributed by atoms with Gasteiger partial charge in [0.15, 0.2) is 0 Å². The molecule has 13 heavy (non-hydrogen) atoms. The highest BCUT2D eigenvalue weighted by molar-refractivity contribution is 4.91. The summed E-state index contributed by atoms with van der Waals surface area (Å²) in [5.41, 5.74) is 0.428.